The largest absolute Gasteiger partial charge is 0.351 e. The SMILES string of the molecule is O=C(CSc1ccc(F)cc1)NCc1ccc(Cn2cncn2)cc1. The predicted octanol–water partition coefficient (Wildman–Crippen LogP) is 2.87. The number of aromatic nitrogens is 3. The number of thioether (sulfide) groups is 1. The molecule has 3 rings (SSSR count). The number of carbonyl (C=O) groups excluding carboxylic acids is 1. The first-order valence-electron chi connectivity index (χ1n) is 7.74. The highest BCUT2D eigenvalue weighted by Crippen LogP contribution is 2.17. The molecule has 2 aromatic carbocycles. The molecule has 0 spiro atoms. The Morgan fingerprint density at radius 3 is 2.48 bits per heavy atom. The molecule has 0 radical (unpaired) electrons. The van der Waals surface area contributed by atoms with Gasteiger partial charge in [0.1, 0.15) is 18.5 Å². The van der Waals surface area contributed by atoms with Gasteiger partial charge in [0.15, 0.2) is 0 Å². The zero-order valence-corrected chi connectivity index (χ0v) is 14.2. The summed E-state index contributed by atoms with van der Waals surface area (Å²) in [6, 6.07) is 14.1. The highest BCUT2D eigenvalue weighted by Gasteiger charge is 2.04. The Hall–Kier alpha value is -2.67. The third-order valence-electron chi connectivity index (χ3n) is 3.51. The fourth-order valence-electron chi connectivity index (χ4n) is 2.20. The topological polar surface area (TPSA) is 59.8 Å². The minimum absolute atomic E-state index is 0.0546. The van der Waals surface area contributed by atoms with Crippen LogP contribution in [-0.2, 0) is 17.9 Å². The molecular weight excluding hydrogens is 339 g/mol. The zero-order valence-electron chi connectivity index (χ0n) is 13.4. The van der Waals surface area contributed by atoms with E-state index in [4.69, 9.17) is 0 Å². The molecule has 3 aromatic rings. The first kappa shape index (κ1) is 17.2. The number of carbonyl (C=O) groups is 1. The maximum atomic E-state index is 12.8. The van der Waals surface area contributed by atoms with Gasteiger partial charge in [-0.25, -0.2) is 14.1 Å². The van der Waals surface area contributed by atoms with Gasteiger partial charge in [-0.3, -0.25) is 4.79 Å². The van der Waals surface area contributed by atoms with E-state index in [1.54, 1.807) is 23.1 Å². The van der Waals surface area contributed by atoms with E-state index in [0.717, 1.165) is 16.0 Å². The van der Waals surface area contributed by atoms with Crippen LogP contribution >= 0.6 is 11.8 Å². The monoisotopic (exact) mass is 356 g/mol. The second kappa shape index (κ2) is 8.43. The number of nitrogens with zero attached hydrogens (tertiary/aromatic N) is 3. The summed E-state index contributed by atoms with van der Waals surface area (Å²) in [6.07, 6.45) is 3.18. The van der Waals surface area contributed by atoms with E-state index < -0.39 is 0 Å². The Balaban J connectivity index is 1.43. The third kappa shape index (κ3) is 5.42. The second-order valence-electron chi connectivity index (χ2n) is 5.43. The van der Waals surface area contributed by atoms with Crippen molar-refractivity contribution in [2.45, 2.75) is 18.0 Å². The third-order valence-corrected chi connectivity index (χ3v) is 4.52. The van der Waals surface area contributed by atoms with Gasteiger partial charge in [0.25, 0.3) is 0 Å². The molecule has 1 N–H and O–H groups in total. The highest BCUT2D eigenvalue weighted by atomic mass is 32.2. The summed E-state index contributed by atoms with van der Waals surface area (Å²) in [4.78, 5) is 16.7. The smallest absolute Gasteiger partial charge is 0.230 e. The second-order valence-corrected chi connectivity index (χ2v) is 6.48. The molecule has 0 saturated carbocycles. The Kier molecular flexibility index (Phi) is 5.79. The van der Waals surface area contributed by atoms with E-state index >= 15 is 0 Å². The first-order valence-corrected chi connectivity index (χ1v) is 8.73. The van der Waals surface area contributed by atoms with Gasteiger partial charge in [-0.2, -0.15) is 5.10 Å². The fourth-order valence-corrected chi connectivity index (χ4v) is 2.92. The van der Waals surface area contributed by atoms with Gasteiger partial charge in [0.05, 0.1) is 12.3 Å². The standard InChI is InChI=1S/C18H17FN4OS/c19-16-5-7-17(8-6-16)25-11-18(24)21-9-14-1-3-15(4-2-14)10-23-13-20-12-22-23/h1-8,12-13H,9-11H2,(H,21,24). The van der Waals surface area contributed by atoms with Gasteiger partial charge in [-0.1, -0.05) is 24.3 Å². The normalized spacial score (nSPS) is 10.6. The summed E-state index contributed by atoms with van der Waals surface area (Å²) in [7, 11) is 0. The van der Waals surface area contributed by atoms with Gasteiger partial charge in [0.2, 0.25) is 5.91 Å². The average Bonchev–Trinajstić information content (AvgIpc) is 3.14. The van der Waals surface area contributed by atoms with Gasteiger partial charge in [-0.15, -0.1) is 11.8 Å². The molecule has 25 heavy (non-hydrogen) atoms. The minimum atomic E-state index is -0.277. The number of amides is 1. The molecule has 0 saturated heterocycles. The fraction of sp³-hybridized carbons (Fsp3) is 0.167. The Morgan fingerprint density at radius 1 is 1.08 bits per heavy atom. The summed E-state index contributed by atoms with van der Waals surface area (Å²) < 4.78 is 14.6. The number of benzene rings is 2. The van der Waals surface area contributed by atoms with Crippen molar-refractivity contribution >= 4 is 17.7 Å². The molecule has 1 aromatic heterocycles. The molecule has 0 unspecified atom stereocenters. The van der Waals surface area contributed by atoms with Crippen molar-refractivity contribution in [3.05, 3.63) is 78.1 Å². The Labute approximate surface area is 149 Å². The molecule has 128 valence electrons. The number of rotatable bonds is 7. The van der Waals surface area contributed by atoms with Gasteiger partial charge in [-0.05, 0) is 35.4 Å². The van der Waals surface area contributed by atoms with Crippen LogP contribution in [0.15, 0.2) is 66.1 Å². The van der Waals surface area contributed by atoms with Crippen LogP contribution in [0.2, 0.25) is 0 Å². The maximum absolute atomic E-state index is 12.8. The van der Waals surface area contributed by atoms with Crippen molar-refractivity contribution in [3.8, 4) is 0 Å². The van der Waals surface area contributed by atoms with Crippen LogP contribution in [0.25, 0.3) is 0 Å². The van der Waals surface area contributed by atoms with Crippen LogP contribution in [0.5, 0.6) is 0 Å². The number of nitrogens with one attached hydrogen (secondary N) is 1. The average molecular weight is 356 g/mol. The van der Waals surface area contributed by atoms with Crippen molar-refractivity contribution in [2.24, 2.45) is 0 Å². The number of halogens is 1. The Bertz CT molecular complexity index is 804. The van der Waals surface area contributed by atoms with Crippen molar-refractivity contribution in [2.75, 3.05) is 5.75 Å². The molecule has 0 fully saturated rings. The van der Waals surface area contributed by atoms with Crippen molar-refractivity contribution in [1.82, 2.24) is 20.1 Å². The van der Waals surface area contributed by atoms with Gasteiger partial charge in [0, 0.05) is 11.4 Å². The minimum Gasteiger partial charge on any atom is -0.351 e. The van der Waals surface area contributed by atoms with Crippen LogP contribution in [0.1, 0.15) is 11.1 Å². The number of hydrogen-bond acceptors (Lipinski definition) is 4. The molecule has 0 aliphatic rings. The summed E-state index contributed by atoms with van der Waals surface area (Å²) >= 11 is 1.38. The first-order chi connectivity index (χ1) is 12.2. The van der Waals surface area contributed by atoms with Crippen LogP contribution in [0, 0.1) is 5.82 Å². The van der Waals surface area contributed by atoms with Crippen LogP contribution in [0.4, 0.5) is 4.39 Å². The van der Waals surface area contributed by atoms with E-state index in [-0.39, 0.29) is 11.7 Å². The highest BCUT2D eigenvalue weighted by molar-refractivity contribution is 8.00. The van der Waals surface area contributed by atoms with Crippen LogP contribution in [0.3, 0.4) is 0 Å². The van der Waals surface area contributed by atoms with Crippen LogP contribution in [-0.4, -0.2) is 26.4 Å². The summed E-state index contributed by atoms with van der Waals surface area (Å²) in [5.41, 5.74) is 2.15. The van der Waals surface area contributed by atoms with Crippen molar-refractivity contribution in [1.29, 1.82) is 0 Å². The lowest BCUT2D eigenvalue weighted by Gasteiger charge is -2.07. The molecule has 7 heteroatoms. The van der Waals surface area contributed by atoms with Crippen molar-refractivity contribution in [3.63, 3.8) is 0 Å². The Morgan fingerprint density at radius 2 is 1.80 bits per heavy atom. The van der Waals surface area contributed by atoms with E-state index in [9.17, 15) is 9.18 Å². The lowest BCUT2D eigenvalue weighted by atomic mass is 10.1. The summed E-state index contributed by atoms with van der Waals surface area (Å²) in [5, 5.41) is 6.95. The predicted molar refractivity (Wildman–Crippen MR) is 94.5 cm³/mol. The quantitative estimate of drug-likeness (QED) is 0.662. The molecule has 5 nitrogen and oxygen atoms in total. The number of hydrogen-bond donors (Lipinski definition) is 1. The molecule has 1 heterocycles. The van der Waals surface area contributed by atoms with E-state index in [1.165, 1.54) is 30.2 Å². The summed E-state index contributed by atoms with van der Waals surface area (Å²) in [6.45, 7) is 1.15. The van der Waals surface area contributed by atoms with E-state index in [1.807, 2.05) is 24.3 Å². The molecule has 0 bridgehead atoms. The van der Waals surface area contributed by atoms with Crippen molar-refractivity contribution < 1.29 is 9.18 Å². The van der Waals surface area contributed by atoms with Gasteiger partial charge >= 0.3 is 0 Å². The van der Waals surface area contributed by atoms with E-state index in [0.29, 0.717) is 18.8 Å². The molecule has 0 aliphatic carbocycles. The molecule has 1 amide bonds. The lowest BCUT2D eigenvalue weighted by Crippen LogP contribution is -2.24. The molecule has 0 atom stereocenters. The molecule has 0 aliphatic heterocycles. The lowest BCUT2D eigenvalue weighted by molar-refractivity contribution is -0.118. The van der Waals surface area contributed by atoms with E-state index in [2.05, 4.69) is 15.4 Å². The molecular formula is C18H17FN4OS. The summed E-state index contributed by atoms with van der Waals surface area (Å²) in [5.74, 6) is -0.0298. The van der Waals surface area contributed by atoms with Crippen LogP contribution < -0.4 is 5.32 Å². The maximum Gasteiger partial charge on any atom is 0.230 e. The zero-order chi connectivity index (χ0) is 17.5. The van der Waals surface area contributed by atoms with Gasteiger partial charge < -0.3 is 5.32 Å².